The number of hydrogen-bond acceptors (Lipinski definition) is 2. The molecule has 0 saturated carbocycles. The Labute approximate surface area is 133 Å². The highest BCUT2D eigenvalue weighted by Gasteiger charge is 2.45. The quantitative estimate of drug-likeness (QED) is 0.825. The van der Waals surface area contributed by atoms with Gasteiger partial charge in [0.05, 0.1) is 11.1 Å². The summed E-state index contributed by atoms with van der Waals surface area (Å²) in [6.45, 7) is -0.854. The molecule has 24 heavy (non-hydrogen) atoms. The van der Waals surface area contributed by atoms with Crippen LogP contribution in [0.4, 0.5) is 26.3 Å². The monoisotopic (exact) mass is 349 g/mol. The maximum absolute atomic E-state index is 13.2. The summed E-state index contributed by atoms with van der Waals surface area (Å²) in [5.74, 6) is 0. The number of benzene rings is 2. The van der Waals surface area contributed by atoms with Gasteiger partial charge in [0.2, 0.25) is 0 Å². The van der Waals surface area contributed by atoms with Crippen molar-refractivity contribution >= 4 is 0 Å². The molecule has 0 heterocycles. The van der Waals surface area contributed by atoms with E-state index in [9.17, 15) is 31.4 Å². The molecule has 0 atom stereocenters. The first-order valence-corrected chi connectivity index (χ1v) is 6.77. The van der Waals surface area contributed by atoms with Gasteiger partial charge < -0.3 is 10.8 Å². The van der Waals surface area contributed by atoms with Crippen LogP contribution in [0.2, 0.25) is 0 Å². The molecule has 2 rings (SSSR count). The molecule has 0 aromatic heterocycles. The van der Waals surface area contributed by atoms with Crippen molar-refractivity contribution in [2.75, 3.05) is 6.54 Å². The lowest BCUT2D eigenvalue weighted by Crippen LogP contribution is -2.39. The van der Waals surface area contributed by atoms with E-state index < -0.39 is 46.8 Å². The number of rotatable bonds is 3. The molecular formula is C16H13F6NO. The van der Waals surface area contributed by atoms with Gasteiger partial charge in [-0.25, -0.2) is 0 Å². The first-order chi connectivity index (χ1) is 11.0. The molecule has 0 bridgehead atoms. The van der Waals surface area contributed by atoms with Gasteiger partial charge in [-0.3, -0.25) is 0 Å². The molecule has 2 nitrogen and oxygen atoms in total. The standard InChI is InChI=1S/C16H13F6NO/c17-15(18,19)12-7-3-1-5-10(12)14(24,9-23)11-6-2-4-8-13(11)16(20,21)22/h1-8,24H,9,23H2. The summed E-state index contributed by atoms with van der Waals surface area (Å²) in [6.07, 6.45) is -9.71. The molecular weight excluding hydrogens is 336 g/mol. The lowest BCUT2D eigenvalue weighted by molar-refractivity contribution is -0.141. The summed E-state index contributed by atoms with van der Waals surface area (Å²) >= 11 is 0. The summed E-state index contributed by atoms with van der Waals surface area (Å²) in [6, 6.07) is 7.77. The molecule has 0 aliphatic rings. The minimum Gasteiger partial charge on any atom is -0.379 e. The highest BCUT2D eigenvalue weighted by atomic mass is 19.4. The Morgan fingerprint density at radius 2 is 0.958 bits per heavy atom. The van der Waals surface area contributed by atoms with E-state index in [4.69, 9.17) is 5.73 Å². The van der Waals surface area contributed by atoms with Crippen LogP contribution >= 0.6 is 0 Å². The number of alkyl halides is 6. The van der Waals surface area contributed by atoms with Gasteiger partial charge in [0, 0.05) is 17.7 Å². The van der Waals surface area contributed by atoms with E-state index in [2.05, 4.69) is 0 Å². The van der Waals surface area contributed by atoms with Gasteiger partial charge in [-0.2, -0.15) is 26.3 Å². The average molecular weight is 349 g/mol. The van der Waals surface area contributed by atoms with Gasteiger partial charge >= 0.3 is 12.4 Å². The molecule has 2 aromatic carbocycles. The van der Waals surface area contributed by atoms with Crippen LogP contribution in [0.3, 0.4) is 0 Å². The smallest absolute Gasteiger partial charge is 0.379 e. The predicted molar refractivity (Wildman–Crippen MR) is 74.9 cm³/mol. The third-order valence-corrected chi connectivity index (χ3v) is 3.65. The Morgan fingerprint density at radius 3 is 1.21 bits per heavy atom. The van der Waals surface area contributed by atoms with E-state index in [1.807, 2.05) is 0 Å². The third kappa shape index (κ3) is 3.25. The Hall–Kier alpha value is -2.06. The van der Waals surface area contributed by atoms with E-state index in [-0.39, 0.29) is 0 Å². The Morgan fingerprint density at radius 1 is 0.667 bits per heavy atom. The van der Waals surface area contributed by atoms with E-state index in [1.54, 1.807) is 0 Å². The zero-order valence-corrected chi connectivity index (χ0v) is 12.1. The fourth-order valence-corrected chi connectivity index (χ4v) is 2.55. The van der Waals surface area contributed by atoms with Crippen LogP contribution in [-0.2, 0) is 18.0 Å². The van der Waals surface area contributed by atoms with Crippen LogP contribution in [0.25, 0.3) is 0 Å². The van der Waals surface area contributed by atoms with Crippen molar-refractivity contribution < 1.29 is 31.4 Å². The van der Waals surface area contributed by atoms with E-state index in [0.717, 1.165) is 24.3 Å². The normalized spacial score (nSPS) is 13.2. The number of nitrogens with two attached hydrogens (primary N) is 1. The summed E-state index contributed by atoms with van der Waals surface area (Å²) in [5, 5.41) is 10.7. The topological polar surface area (TPSA) is 46.2 Å². The number of hydrogen-bond donors (Lipinski definition) is 2. The van der Waals surface area contributed by atoms with Gasteiger partial charge in [0.25, 0.3) is 0 Å². The summed E-state index contributed by atoms with van der Waals surface area (Å²) in [4.78, 5) is 0. The maximum atomic E-state index is 13.2. The van der Waals surface area contributed by atoms with Gasteiger partial charge in [0.1, 0.15) is 5.60 Å². The minimum absolute atomic E-state index is 0.687. The van der Waals surface area contributed by atoms with E-state index in [0.29, 0.717) is 12.1 Å². The second kappa shape index (κ2) is 6.10. The van der Waals surface area contributed by atoms with Crippen molar-refractivity contribution in [1.82, 2.24) is 0 Å². The van der Waals surface area contributed by atoms with Crippen molar-refractivity contribution in [2.45, 2.75) is 18.0 Å². The molecule has 0 fully saturated rings. The summed E-state index contributed by atoms with van der Waals surface area (Å²) < 4.78 is 79.1. The fourth-order valence-electron chi connectivity index (χ4n) is 2.55. The number of halogens is 6. The molecule has 0 radical (unpaired) electrons. The third-order valence-electron chi connectivity index (χ3n) is 3.65. The van der Waals surface area contributed by atoms with Gasteiger partial charge in [-0.05, 0) is 12.1 Å². The summed E-state index contributed by atoms with van der Waals surface area (Å²) in [5.41, 5.74) is -1.16. The van der Waals surface area contributed by atoms with Crippen LogP contribution in [0.1, 0.15) is 22.3 Å². The highest BCUT2D eigenvalue weighted by molar-refractivity contribution is 5.46. The molecule has 3 N–H and O–H groups in total. The fraction of sp³-hybridized carbons (Fsp3) is 0.250. The lowest BCUT2D eigenvalue weighted by Gasteiger charge is -2.32. The molecule has 0 aliphatic heterocycles. The van der Waals surface area contributed by atoms with Crippen molar-refractivity contribution in [3.05, 3.63) is 70.8 Å². The zero-order valence-electron chi connectivity index (χ0n) is 12.1. The molecule has 2 aromatic rings. The van der Waals surface area contributed by atoms with Crippen molar-refractivity contribution in [3.63, 3.8) is 0 Å². The first-order valence-electron chi connectivity index (χ1n) is 6.77. The van der Waals surface area contributed by atoms with Crippen LogP contribution in [-0.4, -0.2) is 11.7 Å². The minimum atomic E-state index is -4.85. The van der Waals surface area contributed by atoms with Gasteiger partial charge in [0.15, 0.2) is 0 Å². The van der Waals surface area contributed by atoms with Gasteiger partial charge in [-0.1, -0.05) is 36.4 Å². The molecule has 0 amide bonds. The van der Waals surface area contributed by atoms with Crippen LogP contribution < -0.4 is 5.73 Å². The van der Waals surface area contributed by atoms with Crippen molar-refractivity contribution in [1.29, 1.82) is 0 Å². The van der Waals surface area contributed by atoms with Crippen LogP contribution in [0.5, 0.6) is 0 Å². The van der Waals surface area contributed by atoms with E-state index in [1.165, 1.54) is 12.1 Å². The molecule has 8 heteroatoms. The first kappa shape index (κ1) is 18.3. The molecule has 130 valence electrons. The SMILES string of the molecule is NCC(O)(c1ccccc1C(F)(F)F)c1ccccc1C(F)(F)F. The summed E-state index contributed by atoms with van der Waals surface area (Å²) in [7, 11) is 0. The van der Waals surface area contributed by atoms with E-state index >= 15 is 0 Å². The van der Waals surface area contributed by atoms with Crippen LogP contribution in [0.15, 0.2) is 48.5 Å². The number of aliphatic hydroxyl groups is 1. The maximum Gasteiger partial charge on any atom is 0.416 e. The predicted octanol–water partition coefficient (Wildman–Crippen LogP) is 3.92. The molecule has 0 unspecified atom stereocenters. The Kier molecular flexibility index (Phi) is 4.65. The second-order valence-electron chi connectivity index (χ2n) is 5.15. The van der Waals surface area contributed by atoms with Crippen molar-refractivity contribution in [2.24, 2.45) is 5.73 Å². The second-order valence-corrected chi connectivity index (χ2v) is 5.15. The Bertz CT molecular complexity index is 665. The Balaban J connectivity index is 2.77. The average Bonchev–Trinajstić information content (AvgIpc) is 2.52. The molecule has 0 saturated heterocycles. The zero-order chi connectivity index (χ0) is 18.2. The largest absolute Gasteiger partial charge is 0.416 e. The molecule has 0 aliphatic carbocycles. The highest BCUT2D eigenvalue weighted by Crippen LogP contribution is 2.43. The van der Waals surface area contributed by atoms with Crippen molar-refractivity contribution in [3.8, 4) is 0 Å². The van der Waals surface area contributed by atoms with Crippen LogP contribution in [0, 0.1) is 0 Å². The molecule has 0 spiro atoms. The lowest BCUT2D eigenvalue weighted by atomic mass is 9.81. The van der Waals surface area contributed by atoms with Gasteiger partial charge in [-0.15, -0.1) is 0 Å².